The molecule has 0 atom stereocenters. The highest BCUT2D eigenvalue weighted by atomic mass is 16.5. The van der Waals surface area contributed by atoms with Gasteiger partial charge in [0.1, 0.15) is 17.2 Å². The van der Waals surface area contributed by atoms with Crippen LogP contribution in [0.25, 0.3) is 16.9 Å². The highest BCUT2D eigenvalue weighted by Crippen LogP contribution is 2.35. The Bertz CT molecular complexity index is 922. The number of amides is 1. The Morgan fingerprint density at radius 2 is 1.93 bits per heavy atom. The molecule has 0 saturated heterocycles. The van der Waals surface area contributed by atoms with Gasteiger partial charge < -0.3 is 19.9 Å². The Hall–Kier alpha value is -3.32. The highest BCUT2D eigenvalue weighted by Gasteiger charge is 2.21. The Labute approximate surface area is 157 Å². The zero-order chi connectivity index (χ0) is 19.2. The zero-order valence-electron chi connectivity index (χ0n) is 15.2. The van der Waals surface area contributed by atoms with E-state index < -0.39 is 0 Å². The quantitative estimate of drug-likeness (QED) is 0.669. The molecule has 0 unspecified atom stereocenters. The lowest BCUT2D eigenvalue weighted by atomic mass is 10.1. The first-order valence-corrected chi connectivity index (χ1v) is 8.44. The summed E-state index contributed by atoms with van der Waals surface area (Å²) in [4.78, 5) is 12.6. The summed E-state index contributed by atoms with van der Waals surface area (Å²) in [5.74, 6) is 0.873. The molecule has 27 heavy (non-hydrogen) atoms. The number of hydrogen-bond acceptors (Lipinski definition) is 5. The van der Waals surface area contributed by atoms with Gasteiger partial charge in [-0.3, -0.25) is 4.79 Å². The van der Waals surface area contributed by atoms with E-state index in [0.717, 1.165) is 5.69 Å². The number of carbonyl (C=O) groups excluding carboxylic acids is 1. The molecule has 0 bridgehead atoms. The van der Waals surface area contributed by atoms with Crippen molar-refractivity contribution in [2.75, 3.05) is 27.4 Å². The predicted molar refractivity (Wildman–Crippen MR) is 102 cm³/mol. The molecule has 1 heterocycles. The summed E-state index contributed by atoms with van der Waals surface area (Å²) in [6.07, 6.45) is 1.66. The maximum Gasteiger partial charge on any atom is 0.255 e. The summed E-state index contributed by atoms with van der Waals surface area (Å²) in [7, 11) is 3.13. The minimum atomic E-state index is -0.328. The number of aliphatic hydroxyl groups is 1. The van der Waals surface area contributed by atoms with E-state index in [0.29, 0.717) is 28.3 Å². The second kappa shape index (κ2) is 8.37. The summed E-state index contributed by atoms with van der Waals surface area (Å²) in [6.45, 7) is 0.0143. The van der Waals surface area contributed by atoms with Crippen LogP contribution in [0.4, 0.5) is 0 Å². The summed E-state index contributed by atoms with van der Waals surface area (Å²) in [5, 5.41) is 16.3. The van der Waals surface area contributed by atoms with Gasteiger partial charge in [-0.15, -0.1) is 0 Å². The summed E-state index contributed by atoms with van der Waals surface area (Å²) >= 11 is 0. The van der Waals surface area contributed by atoms with Crippen molar-refractivity contribution in [3.8, 4) is 28.4 Å². The van der Waals surface area contributed by atoms with Gasteiger partial charge in [-0.2, -0.15) is 5.10 Å². The monoisotopic (exact) mass is 367 g/mol. The molecule has 0 saturated carbocycles. The largest absolute Gasteiger partial charge is 0.497 e. The third-order valence-electron chi connectivity index (χ3n) is 4.04. The van der Waals surface area contributed by atoms with Crippen molar-refractivity contribution < 1.29 is 19.4 Å². The predicted octanol–water partition coefficient (Wildman–Crippen LogP) is 2.28. The van der Waals surface area contributed by atoms with Crippen molar-refractivity contribution in [3.05, 3.63) is 60.3 Å². The summed E-state index contributed by atoms with van der Waals surface area (Å²) in [6, 6.07) is 14.8. The van der Waals surface area contributed by atoms with E-state index in [9.17, 15) is 4.79 Å². The van der Waals surface area contributed by atoms with Crippen LogP contribution in [0.2, 0.25) is 0 Å². The second-order valence-corrected chi connectivity index (χ2v) is 5.72. The van der Waals surface area contributed by atoms with Crippen LogP contribution >= 0.6 is 0 Å². The molecule has 3 rings (SSSR count). The van der Waals surface area contributed by atoms with Crippen LogP contribution in [-0.4, -0.2) is 48.2 Å². The van der Waals surface area contributed by atoms with Gasteiger partial charge in [0.2, 0.25) is 0 Å². The van der Waals surface area contributed by atoms with Gasteiger partial charge in [-0.05, 0) is 30.3 Å². The van der Waals surface area contributed by atoms with Crippen molar-refractivity contribution in [3.63, 3.8) is 0 Å². The van der Waals surface area contributed by atoms with Crippen LogP contribution in [0.3, 0.4) is 0 Å². The first-order chi connectivity index (χ1) is 13.2. The van der Waals surface area contributed by atoms with Gasteiger partial charge >= 0.3 is 0 Å². The van der Waals surface area contributed by atoms with Gasteiger partial charge in [0.15, 0.2) is 0 Å². The SMILES string of the molecule is COc1ccc(OC)c(-c2nn(-c3ccccc3)cc2C(=O)NCCO)c1. The zero-order valence-corrected chi connectivity index (χ0v) is 15.2. The standard InChI is InChI=1S/C20H21N3O4/c1-26-15-8-9-18(27-2)16(12-15)19-17(20(25)21-10-11-24)13-23(22-19)14-6-4-3-5-7-14/h3-9,12-13,24H,10-11H2,1-2H3,(H,21,25). The van der Waals surface area contributed by atoms with Crippen molar-refractivity contribution in [1.29, 1.82) is 0 Å². The fraction of sp³-hybridized carbons (Fsp3) is 0.200. The van der Waals surface area contributed by atoms with Crippen molar-refractivity contribution in [2.45, 2.75) is 0 Å². The van der Waals surface area contributed by atoms with E-state index in [-0.39, 0.29) is 19.1 Å². The molecule has 2 N–H and O–H groups in total. The third-order valence-corrected chi connectivity index (χ3v) is 4.04. The molecule has 7 nitrogen and oxygen atoms in total. The number of benzene rings is 2. The first-order valence-electron chi connectivity index (χ1n) is 8.44. The summed E-state index contributed by atoms with van der Waals surface area (Å²) < 4.78 is 12.4. The lowest BCUT2D eigenvalue weighted by Gasteiger charge is -2.10. The number of aromatic nitrogens is 2. The van der Waals surface area contributed by atoms with E-state index in [1.807, 2.05) is 30.3 Å². The fourth-order valence-corrected chi connectivity index (χ4v) is 2.72. The maximum absolute atomic E-state index is 12.6. The number of para-hydroxylation sites is 1. The Morgan fingerprint density at radius 3 is 2.59 bits per heavy atom. The maximum atomic E-state index is 12.6. The Morgan fingerprint density at radius 1 is 1.15 bits per heavy atom. The Kier molecular flexibility index (Phi) is 5.73. The number of hydrogen-bond donors (Lipinski definition) is 2. The Balaban J connectivity index is 2.15. The van der Waals surface area contributed by atoms with Crippen LogP contribution in [-0.2, 0) is 0 Å². The number of nitrogens with one attached hydrogen (secondary N) is 1. The van der Waals surface area contributed by atoms with E-state index in [1.165, 1.54) is 0 Å². The lowest BCUT2D eigenvalue weighted by Crippen LogP contribution is -2.26. The molecule has 0 aliphatic heterocycles. The molecular formula is C20H21N3O4. The van der Waals surface area contributed by atoms with E-state index >= 15 is 0 Å². The molecule has 0 aliphatic rings. The van der Waals surface area contributed by atoms with E-state index in [1.54, 1.807) is 43.3 Å². The topological polar surface area (TPSA) is 85.6 Å². The third kappa shape index (κ3) is 3.93. The fourth-order valence-electron chi connectivity index (χ4n) is 2.72. The van der Waals surface area contributed by atoms with Gasteiger partial charge in [-0.25, -0.2) is 4.68 Å². The number of ether oxygens (including phenoxy) is 2. The summed E-state index contributed by atoms with van der Waals surface area (Å²) in [5.41, 5.74) is 2.30. The number of carbonyl (C=O) groups is 1. The molecule has 7 heteroatoms. The van der Waals surface area contributed by atoms with Gasteiger partial charge in [0.25, 0.3) is 5.91 Å². The van der Waals surface area contributed by atoms with Crippen LogP contribution in [0.15, 0.2) is 54.7 Å². The average molecular weight is 367 g/mol. The highest BCUT2D eigenvalue weighted by molar-refractivity contribution is 6.00. The van der Waals surface area contributed by atoms with Crippen LogP contribution in [0.5, 0.6) is 11.5 Å². The molecule has 1 aromatic heterocycles. The van der Waals surface area contributed by atoms with Crippen LogP contribution in [0.1, 0.15) is 10.4 Å². The van der Waals surface area contributed by atoms with Crippen molar-refractivity contribution in [1.82, 2.24) is 15.1 Å². The number of aliphatic hydroxyl groups excluding tert-OH is 1. The van der Waals surface area contributed by atoms with E-state index in [2.05, 4.69) is 10.4 Å². The van der Waals surface area contributed by atoms with Crippen molar-refractivity contribution >= 4 is 5.91 Å². The minimum Gasteiger partial charge on any atom is -0.497 e. The number of rotatable bonds is 7. The van der Waals surface area contributed by atoms with Gasteiger partial charge in [0, 0.05) is 18.3 Å². The first kappa shape index (κ1) is 18.5. The van der Waals surface area contributed by atoms with Crippen LogP contribution < -0.4 is 14.8 Å². The van der Waals surface area contributed by atoms with Gasteiger partial charge in [0.05, 0.1) is 32.1 Å². The molecule has 0 fully saturated rings. The molecule has 0 aliphatic carbocycles. The van der Waals surface area contributed by atoms with Gasteiger partial charge in [-0.1, -0.05) is 18.2 Å². The number of methoxy groups -OCH3 is 2. The van der Waals surface area contributed by atoms with Crippen LogP contribution in [0, 0.1) is 0 Å². The molecule has 2 aromatic carbocycles. The van der Waals surface area contributed by atoms with Crippen molar-refractivity contribution in [2.24, 2.45) is 0 Å². The average Bonchev–Trinajstić information content (AvgIpc) is 3.17. The minimum absolute atomic E-state index is 0.142. The molecule has 3 aromatic rings. The lowest BCUT2D eigenvalue weighted by molar-refractivity contribution is 0.0945. The second-order valence-electron chi connectivity index (χ2n) is 5.72. The molecule has 1 amide bonds. The normalized spacial score (nSPS) is 10.5. The number of nitrogens with zero attached hydrogens (tertiary/aromatic N) is 2. The molecule has 0 radical (unpaired) electrons. The smallest absolute Gasteiger partial charge is 0.255 e. The molecule has 140 valence electrons. The van der Waals surface area contributed by atoms with E-state index in [4.69, 9.17) is 14.6 Å². The molecule has 0 spiro atoms. The molecular weight excluding hydrogens is 346 g/mol.